The quantitative estimate of drug-likeness (QED) is 0.820. The minimum Gasteiger partial charge on any atom is -0.383 e. The Morgan fingerprint density at radius 1 is 1.39 bits per heavy atom. The van der Waals surface area contributed by atoms with E-state index < -0.39 is 0 Å². The summed E-state index contributed by atoms with van der Waals surface area (Å²) >= 11 is 0. The Kier molecular flexibility index (Phi) is 5.09. The molecule has 0 spiro atoms. The number of rotatable bonds is 6. The van der Waals surface area contributed by atoms with Crippen LogP contribution in [0.15, 0.2) is 34.8 Å². The van der Waals surface area contributed by atoms with E-state index in [-0.39, 0.29) is 28.7 Å². The minimum absolute atomic E-state index is 0.00874. The lowest BCUT2D eigenvalue weighted by Crippen LogP contribution is -2.23. The van der Waals surface area contributed by atoms with Gasteiger partial charge in [-0.25, -0.2) is 0 Å². The van der Waals surface area contributed by atoms with Gasteiger partial charge in [0.2, 0.25) is 5.91 Å². The van der Waals surface area contributed by atoms with Crippen molar-refractivity contribution >= 4 is 11.6 Å². The first-order chi connectivity index (χ1) is 10.8. The van der Waals surface area contributed by atoms with Gasteiger partial charge < -0.3 is 14.6 Å². The van der Waals surface area contributed by atoms with Crippen LogP contribution in [0.4, 0.5) is 5.69 Å². The second-order valence-electron chi connectivity index (χ2n) is 7.00. The monoisotopic (exact) mass is 318 g/mol. The lowest BCUT2D eigenvalue weighted by Gasteiger charge is -2.09. The van der Waals surface area contributed by atoms with Crippen molar-refractivity contribution in [3.8, 4) is 0 Å². The molecule has 0 aliphatic heterocycles. The molecule has 1 aromatic rings. The van der Waals surface area contributed by atoms with Crippen molar-refractivity contribution in [2.24, 2.45) is 17.3 Å². The predicted octanol–water partition coefficient (Wildman–Crippen LogP) is 2.67. The summed E-state index contributed by atoms with van der Waals surface area (Å²) in [4.78, 5) is 24.3. The average molecular weight is 318 g/mol. The Balaban J connectivity index is 2.09. The van der Waals surface area contributed by atoms with Gasteiger partial charge in [-0.05, 0) is 31.2 Å². The van der Waals surface area contributed by atoms with Crippen LogP contribution in [0.5, 0.6) is 0 Å². The fraction of sp³-hybridized carbons (Fsp3) is 0.556. The number of nitrogens with zero attached hydrogens (tertiary/aromatic N) is 1. The molecule has 1 aliphatic rings. The molecule has 5 nitrogen and oxygen atoms in total. The SMILES string of the molecule is COCCn1cc(NC(=O)[C@@H]2[C@H](C=C(C)C)C2(C)C)ccc1=O. The lowest BCUT2D eigenvalue weighted by molar-refractivity contribution is -0.118. The number of anilines is 1. The van der Waals surface area contributed by atoms with Gasteiger partial charge in [0, 0.05) is 25.9 Å². The van der Waals surface area contributed by atoms with E-state index in [0.717, 1.165) is 0 Å². The Hall–Kier alpha value is -1.88. The van der Waals surface area contributed by atoms with Crippen molar-refractivity contribution in [2.75, 3.05) is 19.0 Å². The van der Waals surface area contributed by atoms with Crippen molar-refractivity contribution in [1.82, 2.24) is 4.57 Å². The lowest BCUT2D eigenvalue weighted by atomic mass is 10.1. The third-order valence-corrected chi connectivity index (χ3v) is 4.49. The molecule has 1 aromatic heterocycles. The number of pyridine rings is 1. The van der Waals surface area contributed by atoms with Crippen molar-refractivity contribution < 1.29 is 9.53 Å². The van der Waals surface area contributed by atoms with E-state index in [4.69, 9.17) is 4.74 Å². The molecule has 1 fully saturated rings. The van der Waals surface area contributed by atoms with Crippen LogP contribution in [-0.4, -0.2) is 24.2 Å². The van der Waals surface area contributed by atoms with E-state index in [1.54, 1.807) is 23.9 Å². The molecule has 1 N–H and O–H groups in total. The zero-order valence-electron chi connectivity index (χ0n) is 14.6. The van der Waals surface area contributed by atoms with Crippen molar-refractivity contribution in [2.45, 2.75) is 34.2 Å². The molecule has 1 saturated carbocycles. The third-order valence-electron chi connectivity index (χ3n) is 4.49. The second-order valence-corrected chi connectivity index (χ2v) is 7.00. The Morgan fingerprint density at radius 3 is 2.70 bits per heavy atom. The number of allylic oxidation sites excluding steroid dienone is 2. The van der Waals surface area contributed by atoms with Gasteiger partial charge in [-0.15, -0.1) is 0 Å². The van der Waals surface area contributed by atoms with Crippen molar-refractivity contribution in [1.29, 1.82) is 0 Å². The number of aromatic nitrogens is 1. The van der Waals surface area contributed by atoms with Gasteiger partial charge in [0.15, 0.2) is 0 Å². The maximum absolute atomic E-state index is 12.5. The Morgan fingerprint density at radius 2 is 2.09 bits per heavy atom. The molecule has 0 saturated heterocycles. The summed E-state index contributed by atoms with van der Waals surface area (Å²) in [6.45, 7) is 9.25. The van der Waals surface area contributed by atoms with Crippen LogP contribution < -0.4 is 10.9 Å². The molecule has 126 valence electrons. The number of ether oxygens (including phenoxy) is 1. The molecule has 2 atom stereocenters. The maximum atomic E-state index is 12.5. The molecule has 1 aliphatic carbocycles. The number of carbonyl (C=O) groups excluding carboxylic acids is 1. The van der Waals surface area contributed by atoms with Gasteiger partial charge in [0.25, 0.3) is 5.56 Å². The molecule has 2 rings (SSSR count). The maximum Gasteiger partial charge on any atom is 0.250 e. The van der Waals surface area contributed by atoms with Gasteiger partial charge in [0.05, 0.1) is 18.2 Å². The molecule has 5 heteroatoms. The van der Waals surface area contributed by atoms with E-state index >= 15 is 0 Å². The van der Waals surface area contributed by atoms with Gasteiger partial charge in [-0.1, -0.05) is 25.5 Å². The number of nitrogens with one attached hydrogen (secondary N) is 1. The number of hydrogen-bond donors (Lipinski definition) is 1. The summed E-state index contributed by atoms with van der Waals surface area (Å²) < 4.78 is 6.54. The number of carbonyl (C=O) groups is 1. The molecule has 0 radical (unpaired) electrons. The average Bonchev–Trinajstić information content (AvgIpc) is 2.99. The summed E-state index contributed by atoms with van der Waals surface area (Å²) in [7, 11) is 1.59. The molecular formula is C18H26N2O3. The molecule has 1 heterocycles. The van der Waals surface area contributed by atoms with Crippen molar-refractivity contribution in [3.63, 3.8) is 0 Å². The Bertz CT molecular complexity index is 669. The van der Waals surface area contributed by atoms with Gasteiger partial charge in [-0.2, -0.15) is 0 Å². The first-order valence-corrected chi connectivity index (χ1v) is 7.92. The highest BCUT2D eigenvalue weighted by molar-refractivity contribution is 5.95. The van der Waals surface area contributed by atoms with Crippen LogP contribution >= 0.6 is 0 Å². The van der Waals surface area contributed by atoms with Crippen LogP contribution in [0, 0.1) is 17.3 Å². The first kappa shape index (κ1) is 17.5. The molecule has 1 amide bonds. The van der Waals surface area contributed by atoms with E-state index in [0.29, 0.717) is 18.8 Å². The van der Waals surface area contributed by atoms with E-state index in [2.05, 4.69) is 39.1 Å². The smallest absolute Gasteiger partial charge is 0.250 e. The summed E-state index contributed by atoms with van der Waals surface area (Å²) in [6, 6.07) is 3.12. The topological polar surface area (TPSA) is 60.3 Å². The predicted molar refractivity (Wildman–Crippen MR) is 91.4 cm³/mol. The zero-order chi connectivity index (χ0) is 17.2. The van der Waals surface area contributed by atoms with Crippen molar-refractivity contribution in [3.05, 3.63) is 40.3 Å². The van der Waals surface area contributed by atoms with Gasteiger partial charge in [0.1, 0.15) is 0 Å². The second kappa shape index (κ2) is 6.71. The zero-order valence-corrected chi connectivity index (χ0v) is 14.6. The highest BCUT2D eigenvalue weighted by Crippen LogP contribution is 2.59. The summed E-state index contributed by atoms with van der Waals surface area (Å²) in [5.74, 6) is 0.248. The van der Waals surface area contributed by atoms with E-state index in [1.165, 1.54) is 11.6 Å². The largest absolute Gasteiger partial charge is 0.383 e. The normalized spacial score (nSPS) is 21.6. The minimum atomic E-state index is -0.103. The molecule has 23 heavy (non-hydrogen) atoms. The van der Waals surface area contributed by atoms with Crippen LogP contribution in [0.3, 0.4) is 0 Å². The van der Waals surface area contributed by atoms with Gasteiger partial charge in [-0.3, -0.25) is 9.59 Å². The van der Waals surface area contributed by atoms with Crippen LogP contribution in [-0.2, 0) is 16.1 Å². The Labute approximate surface area is 137 Å². The summed E-state index contributed by atoms with van der Waals surface area (Å²) in [6.07, 6.45) is 3.84. The van der Waals surface area contributed by atoms with Crippen LogP contribution in [0.1, 0.15) is 27.7 Å². The highest BCUT2D eigenvalue weighted by Gasteiger charge is 2.60. The number of methoxy groups -OCH3 is 1. The van der Waals surface area contributed by atoms with Gasteiger partial charge >= 0.3 is 0 Å². The number of amides is 1. The first-order valence-electron chi connectivity index (χ1n) is 7.92. The number of hydrogen-bond acceptors (Lipinski definition) is 3. The molecule has 0 bridgehead atoms. The molecular weight excluding hydrogens is 292 g/mol. The standard InChI is InChI=1S/C18H26N2O3/c1-12(2)10-14-16(18(14,3)4)17(22)19-13-6-7-15(21)20(11-13)8-9-23-5/h6-7,10-11,14,16H,8-9H2,1-5H3,(H,19,22)/t14-,16-/m0/s1. The fourth-order valence-corrected chi connectivity index (χ4v) is 3.04. The van der Waals surface area contributed by atoms with Crippen LogP contribution in [0.25, 0.3) is 0 Å². The highest BCUT2D eigenvalue weighted by atomic mass is 16.5. The summed E-state index contributed by atoms with van der Waals surface area (Å²) in [5.41, 5.74) is 1.75. The fourth-order valence-electron chi connectivity index (χ4n) is 3.04. The summed E-state index contributed by atoms with van der Waals surface area (Å²) in [5, 5.41) is 2.94. The molecule has 0 unspecified atom stereocenters. The molecule has 0 aromatic carbocycles. The van der Waals surface area contributed by atoms with Crippen LogP contribution in [0.2, 0.25) is 0 Å². The van der Waals surface area contributed by atoms with E-state index in [1.807, 2.05) is 0 Å². The third kappa shape index (κ3) is 3.91. The van der Waals surface area contributed by atoms with E-state index in [9.17, 15) is 9.59 Å².